The standard InChI is InChI=1S/C18H18N4O2S2/c23-17(20-6-3-8-22-9-7-19-13-22)15(12-14-4-1-10-25-14)21-18(24)16-5-2-11-26-16/h1-2,4-5,7,9-13H,3,6,8H2,(H,20,23)(H,21,24)/b15-12+. The van der Waals surface area contributed by atoms with E-state index in [1.807, 2.05) is 33.7 Å². The van der Waals surface area contributed by atoms with Gasteiger partial charge in [-0.25, -0.2) is 4.98 Å². The van der Waals surface area contributed by atoms with Gasteiger partial charge in [0, 0.05) is 30.4 Å². The third-order valence-corrected chi connectivity index (χ3v) is 5.19. The van der Waals surface area contributed by atoms with E-state index in [-0.39, 0.29) is 17.5 Å². The molecule has 0 aliphatic rings. The highest BCUT2D eigenvalue weighted by molar-refractivity contribution is 7.12. The molecule has 134 valence electrons. The van der Waals surface area contributed by atoms with Crippen molar-refractivity contribution in [3.63, 3.8) is 0 Å². The maximum atomic E-state index is 12.5. The van der Waals surface area contributed by atoms with Crippen molar-refractivity contribution in [2.45, 2.75) is 13.0 Å². The Bertz CT molecular complexity index is 853. The molecule has 0 aliphatic heterocycles. The molecule has 26 heavy (non-hydrogen) atoms. The summed E-state index contributed by atoms with van der Waals surface area (Å²) in [5, 5.41) is 9.34. The number of rotatable bonds is 8. The molecule has 0 fully saturated rings. The van der Waals surface area contributed by atoms with Crippen LogP contribution in [0.5, 0.6) is 0 Å². The van der Waals surface area contributed by atoms with Gasteiger partial charge in [0.25, 0.3) is 11.8 Å². The van der Waals surface area contributed by atoms with Crippen molar-refractivity contribution >= 4 is 40.6 Å². The fraction of sp³-hybridized carbons (Fsp3) is 0.167. The first-order valence-corrected chi connectivity index (χ1v) is 9.82. The molecule has 3 aromatic rings. The Morgan fingerprint density at radius 3 is 2.73 bits per heavy atom. The Balaban J connectivity index is 1.60. The first-order chi connectivity index (χ1) is 12.7. The molecular weight excluding hydrogens is 368 g/mol. The molecule has 0 saturated carbocycles. The van der Waals surface area contributed by atoms with Gasteiger partial charge in [0.15, 0.2) is 0 Å². The SMILES string of the molecule is O=C(NCCCn1ccnc1)/C(=C\c1cccs1)NC(=O)c1cccs1. The van der Waals surface area contributed by atoms with Gasteiger partial charge in [0.1, 0.15) is 5.70 Å². The fourth-order valence-corrected chi connectivity index (χ4v) is 3.52. The van der Waals surface area contributed by atoms with Crippen LogP contribution in [0.15, 0.2) is 59.4 Å². The number of imidazole rings is 1. The van der Waals surface area contributed by atoms with E-state index in [2.05, 4.69) is 15.6 Å². The van der Waals surface area contributed by atoms with E-state index in [1.54, 1.807) is 30.7 Å². The Hall–Kier alpha value is -2.71. The van der Waals surface area contributed by atoms with E-state index >= 15 is 0 Å². The highest BCUT2D eigenvalue weighted by Gasteiger charge is 2.15. The lowest BCUT2D eigenvalue weighted by molar-refractivity contribution is -0.117. The van der Waals surface area contributed by atoms with Crippen LogP contribution in [-0.2, 0) is 11.3 Å². The summed E-state index contributed by atoms with van der Waals surface area (Å²) in [7, 11) is 0. The van der Waals surface area contributed by atoms with Gasteiger partial charge in [-0.05, 0) is 35.4 Å². The summed E-state index contributed by atoms with van der Waals surface area (Å²) in [6.07, 6.45) is 7.81. The van der Waals surface area contributed by atoms with Crippen LogP contribution in [-0.4, -0.2) is 27.9 Å². The molecule has 3 heterocycles. The van der Waals surface area contributed by atoms with Gasteiger partial charge in [-0.1, -0.05) is 12.1 Å². The smallest absolute Gasteiger partial charge is 0.267 e. The summed E-state index contributed by atoms with van der Waals surface area (Å²) < 4.78 is 1.95. The highest BCUT2D eigenvalue weighted by atomic mass is 32.1. The van der Waals surface area contributed by atoms with Gasteiger partial charge in [-0.2, -0.15) is 0 Å². The van der Waals surface area contributed by atoms with Gasteiger partial charge in [0.2, 0.25) is 0 Å². The van der Waals surface area contributed by atoms with Crippen molar-refractivity contribution < 1.29 is 9.59 Å². The summed E-state index contributed by atoms with van der Waals surface area (Å²) in [6.45, 7) is 1.28. The van der Waals surface area contributed by atoms with E-state index < -0.39 is 0 Å². The number of nitrogens with one attached hydrogen (secondary N) is 2. The number of amides is 2. The Morgan fingerprint density at radius 2 is 2.04 bits per heavy atom. The van der Waals surface area contributed by atoms with Crippen molar-refractivity contribution in [2.75, 3.05) is 6.54 Å². The lowest BCUT2D eigenvalue weighted by Gasteiger charge is -2.10. The number of aromatic nitrogens is 2. The number of hydrogen-bond acceptors (Lipinski definition) is 5. The second-order valence-corrected chi connectivity index (χ2v) is 7.34. The number of nitrogens with zero attached hydrogens (tertiary/aromatic N) is 2. The van der Waals surface area contributed by atoms with Crippen molar-refractivity contribution in [1.82, 2.24) is 20.2 Å². The normalized spacial score (nSPS) is 11.3. The minimum atomic E-state index is -0.297. The van der Waals surface area contributed by atoms with Crippen molar-refractivity contribution in [1.29, 1.82) is 0 Å². The maximum absolute atomic E-state index is 12.5. The Labute approximate surface area is 159 Å². The zero-order valence-electron chi connectivity index (χ0n) is 13.9. The van der Waals surface area contributed by atoms with Crippen molar-refractivity contribution in [3.05, 3.63) is 69.2 Å². The van der Waals surface area contributed by atoms with Crippen LogP contribution in [0.25, 0.3) is 6.08 Å². The zero-order chi connectivity index (χ0) is 18.2. The summed E-state index contributed by atoms with van der Waals surface area (Å²) in [6, 6.07) is 7.33. The molecule has 6 nitrogen and oxygen atoms in total. The predicted octanol–water partition coefficient (Wildman–Crippen LogP) is 2.98. The number of thiophene rings is 2. The number of aryl methyl sites for hydroxylation is 1. The van der Waals surface area contributed by atoms with E-state index in [0.29, 0.717) is 11.4 Å². The van der Waals surface area contributed by atoms with Gasteiger partial charge in [-0.3, -0.25) is 9.59 Å². The Morgan fingerprint density at radius 1 is 1.19 bits per heavy atom. The van der Waals surface area contributed by atoms with E-state index in [4.69, 9.17) is 0 Å². The molecular formula is C18H18N4O2S2. The lowest BCUT2D eigenvalue weighted by Crippen LogP contribution is -2.35. The van der Waals surface area contributed by atoms with Crippen LogP contribution in [0.3, 0.4) is 0 Å². The number of carbonyl (C=O) groups is 2. The molecule has 2 amide bonds. The molecule has 0 spiro atoms. The topological polar surface area (TPSA) is 76.0 Å². The van der Waals surface area contributed by atoms with Crippen molar-refractivity contribution in [2.24, 2.45) is 0 Å². The first-order valence-electron chi connectivity index (χ1n) is 8.06. The van der Waals surface area contributed by atoms with Crippen LogP contribution in [0, 0.1) is 0 Å². The van der Waals surface area contributed by atoms with Gasteiger partial charge >= 0.3 is 0 Å². The minimum absolute atomic E-state index is 0.244. The second-order valence-electron chi connectivity index (χ2n) is 5.41. The van der Waals surface area contributed by atoms with Gasteiger partial charge in [0.05, 0.1) is 11.2 Å². The number of carbonyl (C=O) groups excluding carboxylic acids is 2. The molecule has 0 aromatic carbocycles. The fourth-order valence-electron chi connectivity index (χ4n) is 2.24. The molecule has 0 saturated heterocycles. The highest BCUT2D eigenvalue weighted by Crippen LogP contribution is 2.14. The molecule has 0 aliphatic carbocycles. The van der Waals surface area contributed by atoms with Gasteiger partial charge in [-0.15, -0.1) is 22.7 Å². The summed E-state index contributed by atoms with van der Waals surface area (Å²) in [5.41, 5.74) is 0.244. The first kappa shape index (κ1) is 18.1. The molecule has 0 atom stereocenters. The molecule has 2 N–H and O–H groups in total. The molecule has 3 rings (SSSR count). The van der Waals surface area contributed by atoms with Crippen LogP contribution < -0.4 is 10.6 Å². The minimum Gasteiger partial charge on any atom is -0.351 e. The van der Waals surface area contributed by atoms with Crippen LogP contribution >= 0.6 is 22.7 Å². The van der Waals surface area contributed by atoms with Crippen molar-refractivity contribution in [3.8, 4) is 0 Å². The monoisotopic (exact) mass is 386 g/mol. The summed E-state index contributed by atoms with van der Waals surface area (Å²) in [4.78, 5) is 30.3. The summed E-state index contributed by atoms with van der Waals surface area (Å²) in [5.74, 6) is -0.578. The van der Waals surface area contributed by atoms with Crippen LogP contribution in [0.1, 0.15) is 21.0 Å². The average Bonchev–Trinajstić information content (AvgIpc) is 3.41. The maximum Gasteiger partial charge on any atom is 0.267 e. The van der Waals surface area contributed by atoms with Crippen LogP contribution in [0.4, 0.5) is 0 Å². The van der Waals surface area contributed by atoms with E-state index in [9.17, 15) is 9.59 Å². The van der Waals surface area contributed by atoms with Gasteiger partial charge < -0.3 is 15.2 Å². The molecule has 8 heteroatoms. The molecule has 3 aromatic heterocycles. The second kappa shape index (κ2) is 9.12. The number of hydrogen-bond donors (Lipinski definition) is 2. The summed E-state index contributed by atoms with van der Waals surface area (Å²) >= 11 is 2.84. The van der Waals surface area contributed by atoms with E-state index in [0.717, 1.165) is 17.8 Å². The zero-order valence-corrected chi connectivity index (χ0v) is 15.6. The largest absolute Gasteiger partial charge is 0.351 e. The quantitative estimate of drug-likeness (QED) is 0.462. The molecule has 0 radical (unpaired) electrons. The lowest BCUT2D eigenvalue weighted by atomic mass is 10.3. The average molecular weight is 387 g/mol. The predicted molar refractivity (Wildman–Crippen MR) is 104 cm³/mol. The molecule has 0 unspecified atom stereocenters. The van der Waals surface area contributed by atoms with E-state index in [1.165, 1.54) is 22.7 Å². The Kier molecular flexibility index (Phi) is 6.34. The third kappa shape index (κ3) is 5.14. The van der Waals surface area contributed by atoms with Crippen LogP contribution in [0.2, 0.25) is 0 Å². The third-order valence-electron chi connectivity index (χ3n) is 3.51. The molecule has 0 bridgehead atoms.